The summed E-state index contributed by atoms with van der Waals surface area (Å²) in [6.07, 6.45) is 5.97. The van der Waals surface area contributed by atoms with Gasteiger partial charge in [0.2, 0.25) is 5.95 Å². The van der Waals surface area contributed by atoms with E-state index in [1.165, 1.54) is 25.8 Å². The number of ether oxygens (including phenoxy) is 3. The monoisotopic (exact) mass is 498 g/mol. The molecule has 2 aromatic carbocycles. The minimum absolute atomic E-state index is 0.0590. The number of halogens is 2. The zero-order chi connectivity index (χ0) is 25.7. The predicted octanol–water partition coefficient (Wildman–Crippen LogP) is 5.12. The third-order valence-corrected chi connectivity index (χ3v) is 6.68. The highest BCUT2D eigenvalue weighted by atomic mass is 19.1. The van der Waals surface area contributed by atoms with Crippen molar-refractivity contribution in [2.75, 3.05) is 46.8 Å². The lowest BCUT2D eigenvalue weighted by Gasteiger charge is -2.30. The maximum Gasteiger partial charge on any atom is 0.227 e. The molecule has 2 heterocycles. The van der Waals surface area contributed by atoms with Gasteiger partial charge in [0.15, 0.2) is 23.1 Å². The van der Waals surface area contributed by atoms with E-state index in [0.29, 0.717) is 18.3 Å². The van der Waals surface area contributed by atoms with E-state index in [-0.39, 0.29) is 23.5 Å². The van der Waals surface area contributed by atoms with Crippen LogP contribution in [0.4, 0.5) is 20.4 Å². The molecule has 0 atom stereocenters. The Kier molecular flexibility index (Phi) is 8.20. The second-order valence-corrected chi connectivity index (χ2v) is 8.96. The highest BCUT2D eigenvalue weighted by Gasteiger charge is 2.22. The lowest BCUT2D eigenvalue weighted by molar-refractivity contribution is 0.252. The van der Waals surface area contributed by atoms with Crippen molar-refractivity contribution < 1.29 is 23.0 Å². The van der Waals surface area contributed by atoms with Gasteiger partial charge in [-0.05, 0) is 68.9 Å². The second kappa shape index (κ2) is 11.5. The van der Waals surface area contributed by atoms with E-state index in [0.717, 1.165) is 42.9 Å². The summed E-state index contributed by atoms with van der Waals surface area (Å²) in [5.41, 5.74) is 2.70. The summed E-state index contributed by atoms with van der Waals surface area (Å²) in [5, 5.41) is 3.20. The highest BCUT2D eigenvalue weighted by Crippen LogP contribution is 2.36. The minimum Gasteiger partial charge on any atom is -0.496 e. The number of aromatic nitrogens is 2. The number of hydrogen-bond acceptors (Lipinski definition) is 7. The van der Waals surface area contributed by atoms with Crippen molar-refractivity contribution in [3.05, 3.63) is 65.0 Å². The fourth-order valence-electron chi connectivity index (χ4n) is 4.55. The lowest BCUT2D eigenvalue weighted by atomic mass is 9.89. The first kappa shape index (κ1) is 25.6. The Morgan fingerprint density at radius 2 is 1.50 bits per heavy atom. The van der Waals surface area contributed by atoms with E-state index in [9.17, 15) is 8.78 Å². The van der Waals surface area contributed by atoms with E-state index in [1.807, 2.05) is 12.1 Å². The SMILES string of the molecule is COc1cc(Nc2ncc(CCc3c(F)c(OC)cc(OC)c3F)cn2)ccc1C1CCN(C)CC1. The van der Waals surface area contributed by atoms with Crippen LogP contribution in [-0.4, -0.2) is 56.3 Å². The van der Waals surface area contributed by atoms with Crippen molar-refractivity contribution in [3.63, 3.8) is 0 Å². The van der Waals surface area contributed by atoms with Crippen molar-refractivity contribution >= 4 is 11.6 Å². The van der Waals surface area contributed by atoms with Gasteiger partial charge in [-0.3, -0.25) is 0 Å². The normalized spacial score (nSPS) is 14.5. The van der Waals surface area contributed by atoms with Gasteiger partial charge >= 0.3 is 0 Å². The predicted molar refractivity (Wildman–Crippen MR) is 135 cm³/mol. The number of anilines is 2. The molecule has 9 heteroatoms. The van der Waals surface area contributed by atoms with Crippen molar-refractivity contribution in [2.24, 2.45) is 0 Å². The molecule has 1 aromatic heterocycles. The topological polar surface area (TPSA) is 68.7 Å². The summed E-state index contributed by atoms with van der Waals surface area (Å²) in [6, 6.07) is 7.28. The van der Waals surface area contributed by atoms with Crippen LogP contribution in [0.3, 0.4) is 0 Å². The Morgan fingerprint density at radius 1 is 0.889 bits per heavy atom. The molecule has 3 aromatic rings. The highest BCUT2D eigenvalue weighted by molar-refractivity contribution is 5.58. The Balaban J connectivity index is 1.42. The average Bonchev–Trinajstić information content (AvgIpc) is 2.90. The molecule has 36 heavy (non-hydrogen) atoms. The number of nitrogens with zero attached hydrogens (tertiary/aromatic N) is 3. The Morgan fingerprint density at radius 3 is 2.08 bits per heavy atom. The summed E-state index contributed by atoms with van der Waals surface area (Å²) in [4.78, 5) is 11.1. The summed E-state index contributed by atoms with van der Waals surface area (Å²) in [7, 11) is 6.50. The third kappa shape index (κ3) is 5.67. The van der Waals surface area contributed by atoms with Crippen molar-refractivity contribution in [3.8, 4) is 17.2 Å². The van der Waals surface area contributed by atoms with Crippen LogP contribution in [0, 0.1) is 11.6 Å². The van der Waals surface area contributed by atoms with Gasteiger partial charge in [0.05, 0.1) is 21.3 Å². The fraction of sp³-hybridized carbons (Fsp3) is 0.407. The number of benzene rings is 2. The molecule has 0 amide bonds. The summed E-state index contributed by atoms with van der Waals surface area (Å²) >= 11 is 0. The number of aryl methyl sites for hydroxylation is 1. The second-order valence-electron chi connectivity index (χ2n) is 8.96. The van der Waals surface area contributed by atoms with Crippen LogP contribution < -0.4 is 19.5 Å². The lowest BCUT2D eigenvalue weighted by Crippen LogP contribution is -2.29. The molecule has 7 nitrogen and oxygen atoms in total. The number of likely N-dealkylation sites (tertiary alicyclic amines) is 1. The average molecular weight is 499 g/mol. The molecule has 0 spiro atoms. The quantitative estimate of drug-likeness (QED) is 0.439. The number of nitrogens with one attached hydrogen (secondary N) is 1. The van der Waals surface area contributed by atoms with Gasteiger partial charge in [0.25, 0.3) is 0 Å². The summed E-state index contributed by atoms with van der Waals surface area (Å²) < 4.78 is 44.9. The van der Waals surface area contributed by atoms with Crippen molar-refractivity contribution in [1.29, 1.82) is 0 Å². The van der Waals surface area contributed by atoms with Crippen LogP contribution in [0.15, 0.2) is 36.7 Å². The van der Waals surface area contributed by atoms with Gasteiger partial charge in [0.1, 0.15) is 5.75 Å². The van der Waals surface area contributed by atoms with Crippen LogP contribution in [-0.2, 0) is 12.8 Å². The molecule has 1 N–H and O–H groups in total. The van der Waals surface area contributed by atoms with E-state index >= 15 is 0 Å². The number of hydrogen-bond donors (Lipinski definition) is 1. The van der Waals surface area contributed by atoms with Crippen LogP contribution >= 0.6 is 0 Å². The maximum atomic E-state index is 14.6. The largest absolute Gasteiger partial charge is 0.496 e. The molecule has 0 bridgehead atoms. The number of methoxy groups -OCH3 is 3. The van der Waals surface area contributed by atoms with E-state index in [2.05, 4.69) is 33.3 Å². The van der Waals surface area contributed by atoms with Gasteiger partial charge in [-0.25, -0.2) is 18.7 Å². The standard InChI is InChI=1S/C27H32F2N4O3/c1-33-11-9-18(10-12-33)20-8-6-19(13-22(20)34-2)32-27-30-15-17(16-31-27)5-7-21-25(28)23(35-3)14-24(36-4)26(21)29/h6,8,13-16,18H,5,7,9-12H2,1-4H3,(H,30,31,32). The van der Waals surface area contributed by atoms with Gasteiger partial charge in [-0.1, -0.05) is 6.07 Å². The molecule has 1 saturated heterocycles. The molecule has 4 rings (SSSR count). The molecule has 0 radical (unpaired) electrons. The zero-order valence-electron chi connectivity index (χ0n) is 21.1. The molecule has 1 aliphatic heterocycles. The Hall–Kier alpha value is -3.46. The van der Waals surface area contributed by atoms with Crippen LogP contribution in [0.5, 0.6) is 17.2 Å². The molecular formula is C27H32F2N4O3. The zero-order valence-corrected chi connectivity index (χ0v) is 21.1. The van der Waals surface area contributed by atoms with E-state index in [1.54, 1.807) is 19.5 Å². The fourth-order valence-corrected chi connectivity index (χ4v) is 4.55. The Labute approximate surface area is 210 Å². The molecule has 192 valence electrons. The smallest absolute Gasteiger partial charge is 0.227 e. The molecule has 0 aliphatic carbocycles. The van der Waals surface area contributed by atoms with Gasteiger partial charge in [-0.15, -0.1) is 0 Å². The van der Waals surface area contributed by atoms with Crippen LogP contribution in [0.2, 0.25) is 0 Å². The summed E-state index contributed by atoms with van der Waals surface area (Å²) in [6.45, 7) is 2.16. The first-order valence-corrected chi connectivity index (χ1v) is 12.0. The summed E-state index contributed by atoms with van der Waals surface area (Å²) in [5.74, 6) is 0.185. The van der Waals surface area contributed by atoms with Crippen LogP contribution in [0.1, 0.15) is 35.4 Å². The Bertz CT molecular complexity index is 1150. The number of rotatable bonds is 9. The first-order chi connectivity index (χ1) is 17.4. The van der Waals surface area contributed by atoms with E-state index < -0.39 is 11.6 Å². The van der Waals surface area contributed by atoms with Crippen molar-refractivity contribution in [2.45, 2.75) is 31.6 Å². The van der Waals surface area contributed by atoms with Crippen molar-refractivity contribution in [1.82, 2.24) is 14.9 Å². The molecule has 1 fully saturated rings. The third-order valence-electron chi connectivity index (χ3n) is 6.68. The number of piperidine rings is 1. The molecule has 0 saturated carbocycles. The van der Waals surface area contributed by atoms with Crippen LogP contribution in [0.25, 0.3) is 0 Å². The molecule has 0 unspecified atom stereocenters. The maximum absolute atomic E-state index is 14.6. The van der Waals surface area contributed by atoms with Gasteiger partial charge in [0, 0.05) is 35.8 Å². The minimum atomic E-state index is -0.729. The van der Waals surface area contributed by atoms with Gasteiger partial charge < -0.3 is 24.4 Å². The molecular weight excluding hydrogens is 466 g/mol. The molecule has 1 aliphatic rings. The van der Waals surface area contributed by atoms with Gasteiger partial charge in [-0.2, -0.15) is 0 Å². The first-order valence-electron chi connectivity index (χ1n) is 12.0. The van der Waals surface area contributed by atoms with E-state index in [4.69, 9.17) is 14.2 Å².